The minimum atomic E-state index is -0.357. The van der Waals surface area contributed by atoms with Crippen LogP contribution in [0, 0.1) is 0 Å². The molecule has 1 amide bonds. The molecule has 3 aromatic rings. The smallest absolute Gasteiger partial charge is 0.330 e. The molecular weight excluding hydrogens is 338 g/mol. The third-order valence-corrected chi connectivity index (χ3v) is 4.14. The number of nitrogens with one attached hydrogen (secondary N) is 1. The third kappa shape index (κ3) is 5.05. The van der Waals surface area contributed by atoms with E-state index < -0.39 is 0 Å². The molecule has 3 aromatic carbocycles. The first-order valence-electron chi connectivity index (χ1n) is 8.86. The van der Waals surface area contributed by atoms with Crippen LogP contribution in [0.5, 0.6) is 0 Å². The summed E-state index contributed by atoms with van der Waals surface area (Å²) in [5.41, 5.74) is 2.52. The molecule has 0 atom stereocenters. The largest absolute Gasteiger partial charge is 0.463 e. The summed E-state index contributed by atoms with van der Waals surface area (Å²) in [4.78, 5) is 23.7. The van der Waals surface area contributed by atoms with Gasteiger partial charge in [-0.15, -0.1) is 0 Å². The zero-order valence-corrected chi connectivity index (χ0v) is 15.1. The zero-order valence-electron chi connectivity index (χ0n) is 15.1. The number of hydrogen-bond donors (Lipinski definition) is 1. The van der Waals surface area contributed by atoms with Crippen molar-refractivity contribution in [3.63, 3.8) is 0 Å². The number of carbonyl (C=O) groups excluding carboxylic acids is 2. The van der Waals surface area contributed by atoms with Crippen molar-refractivity contribution in [2.75, 3.05) is 6.61 Å². The zero-order chi connectivity index (χ0) is 19.1. The normalized spacial score (nSPS) is 10.9. The molecule has 4 nitrogen and oxygen atoms in total. The summed E-state index contributed by atoms with van der Waals surface area (Å²) in [7, 11) is 0. The first kappa shape index (κ1) is 18.4. The Kier molecular flexibility index (Phi) is 6.00. The van der Waals surface area contributed by atoms with E-state index in [1.807, 2.05) is 66.7 Å². The van der Waals surface area contributed by atoms with Gasteiger partial charge in [-0.25, -0.2) is 4.79 Å². The number of ether oxygens (including phenoxy) is 1. The number of esters is 1. The van der Waals surface area contributed by atoms with Gasteiger partial charge < -0.3 is 10.1 Å². The average molecular weight is 359 g/mol. The molecule has 136 valence electrons. The molecule has 0 radical (unpaired) electrons. The topological polar surface area (TPSA) is 55.4 Å². The third-order valence-electron chi connectivity index (χ3n) is 4.14. The first-order valence-corrected chi connectivity index (χ1v) is 8.86. The lowest BCUT2D eigenvalue weighted by Gasteiger charge is -2.07. The molecule has 0 aliphatic heterocycles. The highest BCUT2D eigenvalue weighted by Crippen LogP contribution is 2.15. The van der Waals surface area contributed by atoms with E-state index in [4.69, 9.17) is 4.74 Å². The maximum Gasteiger partial charge on any atom is 0.330 e. The van der Waals surface area contributed by atoms with Gasteiger partial charge in [0.1, 0.15) is 0 Å². The van der Waals surface area contributed by atoms with Gasteiger partial charge in [0, 0.05) is 18.2 Å². The summed E-state index contributed by atoms with van der Waals surface area (Å²) in [5, 5.41) is 5.09. The maximum atomic E-state index is 12.4. The van der Waals surface area contributed by atoms with Crippen LogP contribution in [-0.4, -0.2) is 18.5 Å². The van der Waals surface area contributed by atoms with Crippen LogP contribution in [-0.2, 0) is 16.1 Å². The monoisotopic (exact) mass is 359 g/mol. The Morgan fingerprint density at radius 1 is 0.963 bits per heavy atom. The number of carbonyl (C=O) groups is 2. The van der Waals surface area contributed by atoms with Gasteiger partial charge in [-0.1, -0.05) is 54.6 Å². The highest BCUT2D eigenvalue weighted by Gasteiger charge is 2.06. The van der Waals surface area contributed by atoms with Gasteiger partial charge in [-0.3, -0.25) is 4.79 Å². The predicted octanol–water partition coefficient (Wildman–Crippen LogP) is 4.35. The summed E-state index contributed by atoms with van der Waals surface area (Å²) in [5.74, 6) is -0.462. The Labute approximate surface area is 158 Å². The van der Waals surface area contributed by atoms with Crippen molar-refractivity contribution in [3.05, 3.63) is 89.5 Å². The van der Waals surface area contributed by atoms with Crippen molar-refractivity contribution in [1.82, 2.24) is 5.32 Å². The molecule has 0 spiro atoms. The van der Waals surface area contributed by atoms with Crippen molar-refractivity contribution in [2.45, 2.75) is 13.5 Å². The molecule has 0 aliphatic rings. The second kappa shape index (κ2) is 8.81. The number of rotatable bonds is 6. The standard InChI is InChI=1S/C23H21NO3/c1-2-27-22(25)14-11-17-7-9-18(10-8-17)16-24-23(26)21-13-12-19-5-3-4-6-20(19)15-21/h3-15H,2,16H2,1H3,(H,24,26). The van der Waals surface area contributed by atoms with Gasteiger partial charge in [0.2, 0.25) is 0 Å². The van der Waals surface area contributed by atoms with Crippen LogP contribution in [0.1, 0.15) is 28.4 Å². The summed E-state index contributed by atoms with van der Waals surface area (Å²) < 4.78 is 4.85. The molecule has 0 heterocycles. The van der Waals surface area contributed by atoms with E-state index in [1.54, 1.807) is 13.0 Å². The van der Waals surface area contributed by atoms with E-state index >= 15 is 0 Å². The van der Waals surface area contributed by atoms with E-state index in [9.17, 15) is 9.59 Å². The molecule has 3 rings (SSSR count). The van der Waals surface area contributed by atoms with Crippen LogP contribution in [0.4, 0.5) is 0 Å². The number of benzene rings is 3. The van der Waals surface area contributed by atoms with E-state index in [0.717, 1.165) is 21.9 Å². The van der Waals surface area contributed by atoms with Gasteiger partial charge in [0.05, 0.1) is 6.61 Å². The highest BCUT2D eigenvalue weighted by atomic mass is 16.5. The molecule has 0 unspecified atom stereocenters. The van der Waals surface area contributed by atoms with Crippen LogP contribution in [0.2, 0.25) is 0 Å². The van der Waals surface area contributed by atoms with E-state index in [-0.39, 0.29) is 11.9 Å². The Morgan fingerprint density at radius 3 is 2.44 bits per heavy atom. The van der Waals surface area contributed by atoms with Crippen molar-refractivity contribution in [1.29, 1.82) is 0 Å². The van der Waals surface area contributed by atoms with Crippen molar-refractivity contribution in [3.8, 4) is 0 Å². The summed E-state index contributed by atoms with van der Waals surface area (Å²) in [6, 6.07) is 21.3. The van der Waals surface area contributed by atoms with Gasteiger partial charge >= 0.3 is 5.97 Å². The van der Waals surface area contributed by atoms with E-state index in [2.05, 4.69) is 5.32 Å². The van der Waals surface area contributed by atoms with Gasteiger partial charge in [0.15, 0.2) is 0 Å². The predicted molar refractivity (Wildman–Crippen MR) is 107 cm³/mol. The Hall–Kier alpha value is -3.40. The fraction of sp³-hybridized carbons (Fsp3) is 0.130. The quantitative estimate of drug-likeness (QED) is 0.526. The SMILES string of the molecule is CCOC(=O)C=Cc1ccc(CNC(=O)c2ccc3ccccc3c2)cc1. The highest BCUT2D eigenvalue weighted by molar-refractivity contribution is 5.98. The Bertz CT molecular complexity index is 974. The van der Waals surface area contributed by atoms with Crippen LogP contribution in [0.3, 0.4) is 0 Å². The van der Waals surface area contributed by atoms with Crippen LogP contribution in [0.25, 0.3) is 16.8 Å². The van der Waals surface area contributed by atoms with Crippen LogP contribution >= 0.6 is 0 Å². The summed E-state index contributed by atoms with van der Waals surface area (Å²) in [6.07, 6.45) is 3.11. The lowest BCUT2D eigenvalue weighted by Crippen LogP contribution is -2.22. The van der Waals surface area contributed by atoms with Crippen LogP contribution < -0.4 is 5.32 Å². The molecular formula is C23H21NO3. The number of amides is 1. The molecule has 0 aliphatic carbocycles. The van der Waals surface area contributed by atoms with Crippen molar-refractivity contribution in [2.24, 2.45) is 0 Å². The molecule has 4 heteroatoms. The van der Waals surface area contributed by atoms with Gasteiger partial charge in [-0.05, 0) is 47.0 Å². The second-order valence-electron chi connectivity index (χ2n) is 6.07. The minimum absolute atomic E-state index is 0.105. The lowest BCUT2D eigenvalue weighted by atomic mass is 10.1. The van der Waals surface area contributed by atoms with E-state index in [0.29, 0.717) is 18.7 Å². The molecule has 0 aromatic heterocycles. The average Bonchev–Trinajstić information content (AvgIpc) is 2.71. The fourth-order valence-corrected chi connectivity index (χ4v) is 2.72. The number of hydrogen-bond acceptors (Lipinski definition) is 3. The summed E-state index contributed by atoms with van der Waals surface area (Å²) in [6.45, 7) is 2.57. The molecule has 0 bridgehead atoms. The van der Waals surface area contributed by atoms with Crippen molar-refractivity contribution >= 4 is 28.7 Å². The summed E-state index contributed by atoms with van der Waals surface area (Å²) >= 11 is 0. The van der Waals surface area contributed by atoms with Crippen molar-refractivity contribution < 1.29 is 14.3 Å². The second-order valence-corrected chi connectivity index (χ2v) is 6.07. The lowest BCUT2D eigenvalue weighted by molar-refractivity contribution is -0.137. The number of fused-ring (bicyclic) bond motifs is 1. The molecule has 0 fully saturated rings. The Morgan fingerprint density at radius 2 is 1.70 bits per heavy atom. The fourth-order valence-electron chi connectivity index (χ4n) is 2.72. The minimum Gasteiger partial charge on any atom is -0.463 e. The Balaban J connectivity index is 1.58. The molecule has 0 saturated heterocycles. The van der Waals surface area contributed by atoms with Gasteiger partial charge in [0.25, 0.3) is 5.91 Å². The molecule has 1 N–H and O–H groups in total. The molecule has 27 heavy (non-hydrogen) atoms. The molecule has 0 saturated carbocycles. The van der Waals surface area contributed by atoms with Gasteiger partial charge in [-0.2, -0.15) is 0 Å². The first-order chi connectivity index (χ1) is 13.2. The van der Waals surface area contributed by atoms with E-state index in [1.165, 1.54) is 6.08 Å². The maximum absolute atomic E-state index is 12.4. The van der Waals surface area contributed by atoms with Crippen LogP contribution in [0.15, 0.2) is 72.8 Å².